The van der Waals surface area contributed by atoms with Crippen LogP contribution in [-0.2, 0) is 28.3 Å². The fourth-order valence-corrected chi connectivity index (χ4v) is 1.97. The van der Waals surface area contributed by atoms with Crippen LogP contribution in [0.1, 0.15) is 20.8 Å². The van der Waals surface area contributed by atoms with Crippen molar-refractivity contribution in [1.82, 2.24) is 0 Å². The van der Waals surface area contributed by atoms with E-state index in [2.05, 4.69) is 14.0 Å². The SMILES string of the molecule is CC(=O)O[B-]([Na])(OC(C)=O)OC(C)=O. The van der Waals surface area contributed by atoms with E-state index in [0.717, 1.165) is 20.8 Å². The molecule has 0 heterocycles. The Hall–Kier alpha value is -0.525. The van der Waals surface area contributed by atoms with Crippen LogP contribution in [0.4, 0.5) is 0 Å². The molecule has 0 radical (unpaired) electrons. The van der Waals surface area contributed by atoms with Crippen molar-refractivity contribution < 1.29 is 28.3 Å². The van der Waals surface area contributed by atoms with Crippen LogP contribution in [0.2, 0.25) is 0 Å². The Balaban J connectivity index is 4.56. The topological polar surface area (TPSA) is 78.9 Å². The maximum absolute atomic E-state index is 10.7. The van der Waals surface area contributed by atoms with E-state index in [1.165, 1.54) is 0 Å². The summed E-state index contributed by atoms with van der Waals surface area (Å²) in [5.41, 5.74) is 0. The molecule has 74 valence electrons. The zero-order valence-electron chi connectivity index (χ0n) is 8.53. The maximum atomic E-state index is 10.7. The van der Waals surface area contributed by atoms with Crippen LogP contribution in [0.5, 0.6) is 0 Å². The first-order valence-electron chi connectivity index (χ1n) is 4.01. The van der Waals surface area contributed by atoms with Gasteiger partial charge in [0.2, 0.25) is 0 Å². The summed E-state index contributed by atoms with van der Waals surface area (Å²) < 4.78 is 11.5. The summed E-state index contributed by atoms with van der Waals surface area (Å²) in [5.74, 6) is -1.99. The first kappa shape index (κ1) is 13.5. The van der Waals surface area contributed by atoms with Crippen LogP contribution in [-0.4, -0.2) is 49.4 Å². The summed E-state index contributed by atoms with van der Waals surface area (Å²) in [6.45, 7) is 3.42. The van der Waals surface area contributed by atoms with Gasteiger partial charge in [-0.3, -0.25) is 0 Å². The summed E-state index contributed by atoms with van der Waals surface area (Å²) in [5, 5.41) is 0. The zero-order valence-corrected chi connectivity index (χ0v) is 10.5. The number of hydrogen-bond donors (Lipinski definition) is 0. The second kappa shape index (κ2) is 5.38. The summed E-state index contributed by atoms with van der Waals surface area (Å²) in [7, 11) is 0. The van der Waals surface area contributed by atoms with Gasteiger partial charge in [-0.25, -0.2) is 0 Å². The predicted molar refractivity (Wildman–Crippen MR) is 46.8 cm³/mol. The monoisotopic (exact) mass is 211 g/mol. The van der Waals surface area contributed by atoms with Gasteiger partial charge >= 0.3 is 98.5 Å². The van der Waals surface area contributed by atoms with E-state index in [0.29, 0.717) is 0 Å². The minimum atomic E-state index is -2.52. The van der Waals surface area contributed by atoms with Gasteiger partial charge in [0.25, 0.3) is 0 Å². The number of carbonyl (C=O) groups excluding carboxylic acids is 3. The summed E-state index contributed by atoms with van der Waals surface area (Å²) in [6, 6.07) is 0. The number of hydrogen-bond acceptors (Lipinski definition) is 6. The Kier molecular flexibility index (Phi) is 5.18. The average Bonchev–Trinajstić information content (AvgIpc) is 1.76. The number of carbonyl (C=O) groups is 3. The van der Waals surface area contributed by atoms with Crippen LogP contribution >= 0.6 is 0 Å². The fraction of sp³-hybridized carbons (Fsp3) is 0.500. The standard InChI is InChI=1S/C6H9BO6.Na/c1-4(8)11-7(12-5(2)9)13-6(3)10;/h1-3H3;/q;-1. The van der Waals surface area contributed by atoms with E-state index in [-0.39, 0.29) is 27.7 Å². The minimum absolute atomic E-state index is 0.0954. The third kappa shape index (κ3) is 6.01. The fourth-order valence-electron chi connectivity index (χ4n) is 0.977. The van der Waals surface area contributed by atoms with Crippen LogP contribution in [0, 0.1) is 0 Å². The van der Waals surface area contributed by atoms with Crippen molar-refractivity contribution in [3.63, 3.8) is 0 Å². The quantitative estimate of drug-likeness (QED) is 0.573. The van der Waals surface area contributed by atoms with Gasteiger partial charge in [-0.15, -0.1) is 0 Å². The molecule has 0 spiro atoms. The Morgan fingerprint density at radius 2 is 1.07 bits per heavy atom. The van der Waals surface area contributed by atoms with Gasteiger partial charge < -0.3 is 0 Å². The molecule has 0 rings (SSSR count). The first-order chi connectivity index (χ1) is 6.25. The molecule has 0 aliphatic carbocycles. The van der Waals surface area contributed by atoms with Gasteiger partial charge in [-0.1, -0.05) is 0 Å². The van der Waals surface area contributed by atoms with Gasteiger partial charge in [0.15, 0.2) is 0 Å². The molecule has 0 saturated carbocycles. The number of rotatable bonds is 3. The average molecular weight is 211 g/mol. The van der Waals surface area contributed by atoms with Gasteiger partial charge in [0, 0.05) is 0 Å². The van der Waals surface area contributed by atoms with Crippen molar-refractivity contribution in [1.29, 1.82) is 0 Å². The van der Waals surface area contributed by atoms with E-state index in [9.17, 15) is 14.4 Å². The second-order valence-corrected chi connectivity index (χ2v) is 4.24. The molecule has 0 bridgehead atoms. The molecule has 0 aliphatic rings. The second-order valence-electron chi connectivity index (χ2n) is 2.82. The van der Waals surface area contributed by atoms with E-state index in [4.69, 9.17) is 0 Å². The van der Waals surface area contributed by atoms with Crippen molar-refractivity contribution in [2.75, 3.05) is 0 Å². The van der Waals surface area contributed by atoms with Crippen LogP contribution in [0.15, 0.2) is 0 Å². The molecular formula is C6H9BNaO6-. The third-order valence-electron chi connectivity index (χ3n) is 1.14. The Morgan fingerprint density at radius 1 is 0.857 bits per heavy atom. The molecule has 6 nitrogen and oxygen atoms in total. The molecule has 0 aromatic carbocycles. The zero-order chi connectivity index (χ0) is 11.4. The molecule has 0 N–H and O–H groups in total. The van der Waals surface area contributed by atoms with Crippen molar-refractivity contribution in [3.8, 4) is 0 Å². The van der Waals surface area contributed by atoms with E-state index in [1.54, 1.807) is 0 Å². The van der Waals surface area contributed by atoms with Crippen LogP contribution in [0.3, 0.4) is 0 Å². The van der Waals surface area contributed by atoms with Crippen LogP contribution in [0.25, 0.3) is 0 Å². The first-order valence-corrected chi connectivity index (χ1v) is 5.16. The summed E-state index contributed by atoms with van der Waals surface area (Å²) in [6.07, 6.45) is 0. The van der Waals surface area contributed by atoms with Gasteiger partial charge in [0.1, 0.15) is 0 Å². The van der Waals surface area contributed by atoms with E-state index >= 15 is 0 Å². The summed E-state index contributed by atoms with van der Waals surface area (Å²) >= 11 is 0.0954. The Bertz CT molecular complexity index is 224. The van der Waals surface area contributed by atoms with Gasteiger partial charge in [-0.05, 0) is 0 Å². The van der Waals surface area contributed by atoms with E-state index < -0.39 is 21.7 Å². The molecule has 8 heteroatoms. The van der Waals surface area contributed by atoms with Crippen molar-refractivity contribution >= 4 is 49.4 Å². The molecule has 14 heavy (non-hydrogen) atoms. The van der Waals surface area contributed by atoms with Gasteiger partial charge in [-0.2, -0.15) is 0 Å². The van der Waals surface area contributed by atoms with Crippen molar-refractivity contribution in [2.45, 2.75) is 20.8 Å². The summed E-state index contributed by atoms with van der Waals surface area (Å²) in [4.78, 5) is 32.0. The van der Waals surface area contributed by atoms with Gasteiger partial charge in [0.05, 0.1) is 0 Å². The molecule has 0 fully saturated rings. The van der Waals surface area contributed by atoms with Crippen molar-refractivity contribution in [3.05, 3.63) is 0 Å². The normalized spacial score (nSPS) is 10.4. The van der Waals surface area contributed by atoms with E-state index in [1.807, 2.05) is 0 Å². The van der Waals surface area contributed by atoms with Crippen LogP contribution < -0.4 is 0 Å². The molecule has 0 aromatic heterocycles. The Labute approximate surface area is 98.3 Å². The molecule has 0 saturated heterocycles. The molecule has 0 unspecified atom stereocenters. The Morgan fingerprint density at radius 3 is 1.21 bits per heavy atom. The molecule has 0 amide bonds. The third-order valence-corrected chi connectivity index (χ3v) is 1.85. The molecule has 0 aliphatic heterocycles. The predicted octanol–water partition coefficient (Wildman–Crippen LogP) is -0.720. The van der Waals surface area contributed by atoms with Crippen molar-refractivity contribution in [2.24, 2.45) is 0 Å². The molecular weight excluding hydrogens is 202 g/mol. The molecule has 0 atom stereocenters. The molecule has 0 aromatic rings.